The van der Waals surface area contributed by atoms with Gasteiger partial charge in [0.15, 0.2) is 0 Å². The Morgan fingerprint density at radius 1 is 1.00 bits per heavy atom. The molecule has 0 unspecified atom stereocenters. The number of rotatable bonds is 5. The van der Waals surface area contributed by atoms with Crippen LogP contribution in [0.1, 0.15) is 63.0 Å². The highest BCUT2D eigenvalue weighted by Crippen LogP contribution is 2.40. The average Bonchev–Trinajstić information content (AvgIpc) is 2.62. The standard InChI is InChI=1S/C23H29FO/c1-16(2)13-17-9-11-20(21(14-17)18-7-5-4-6-8-18)22-15-19(25-3)10-12-23(22)24/h9-12,14-16,18H,4-8,13H2,1-3H3. The molecule has 0 aliphatic heterocycles. The molecule has 134 valence electrons. The molecule has 0 N–H and O–H groups in total. The Kier molecular flexibility index (Phi) is 5.78. The molecule has 0 radical (unpaired) electrons. The zero-order chi connectivity index (χ0) is 17.8. The van der Waals surface area contributed by atoms with Crippen LogP contribution >= 0.6 is 0 Å². The van der Waals surface area contributed by atoms with Crippen LogP contribution in [0.15, 0.2) is 36.4 Å². The van der Waals surface area contributed by atoms with Crippen molar-refractivity contribution in [3.05, 3.63) is 53.3 Å². The van der Waals surface area contributed by atoms with Gasteiger partial charge in [0, 0.05) is 5.56 Å². The second-order valence-electron chi connectivity index (χ2n) is 7.70. The van der Waals surface area contributed by atoms with Crippen molar-refractivity contribution < 1.29 is 9.13 Å². The first kappa shape index (κ1) is 18.0. The summed E-state index contributed by atoms with van der Waals surface area (Å²) in [6.45, 7) is 4.49. The molecule has 3 rings (SSSR count). The van der Waals surface area contributed by atoms with Gasteiger partial charge in [0.2, 0.25) is 0 Å². The number of methoxy groups -OCH3 is 1. The van der Waals surface area contributed by atoms with Gasteiger partial charge in [-0.05, 0) is 66.0 Å². The Morgan fingerprint density at radius 2 is 1.76 bits per heavy atom. The lowest BCUT2D eigenvalue weighted by atomic mass is 9.79. The van der Waals surface area contributed by atoms with Crippen molar-refractivity contribution in [1.82, 2.24) is 0 Å². The zero-order valence-corrected chi connectivity index (χ0v) is 15.6. The Morgan fingerprint density at radius 3 is 2.44 bits per heavy atom. The molecule has 1 aliphatic rings. The van der Waals surface area contributed by atoms with E-state index in [0.717, 1.165) is 12.0 Å². The van der Waals surface area contributed by atoms with Crippen LogP contribution in [-0.2, 0) is 6.42 Å². The largest absolute Gasteiger partial charge is 0.497 e. The molecule has 2 heteroatoms. The molecule has 0 amide bonds. The van der Waals surface area contributed by atoms with Crippen molar-refractivity contribution >= 4 is 0 Å². The summed E-state index contributed by atoms with van der Waals surface area (Å²) in [6.07, 6.45) is 7.37. The third-order valence-electron chi connectivity index (χ3n) is 5.27. The van der Waals surface area contributed by atoms with Gasteiger partial charge in [0.25, 0.3) is 0 Å². The van der Waals surface area contributed by atoms with Gasteiger partial charge in [-0.15, -0.1) is 0 Å². The molecule has 0 bridgehead atoms. The molecule has 2 aromatic carbocycles. The summed E-state index contributed by atoms with van der Waals surface area (Å²) >= 11 is 0. The van der Waals surface area contributed by atoms with Gasteiger partial charge in [0.1, 0.15) is 11.6 Å². The monoisotopic (exact) mass is 340 g/mol. The van der Waals surface area contributed by atoms with Crippen LogP contribution in [0, 0.1) is 11.7 Å². The Bertz CT molecular complexity index is 714. The predicted molar refractivity (Wildman–Crippen MR) is 103 cm³/mol. The van der Waals surface area contributed by atoms with Crippen molar-refractivity contribution in [2.24, 2.45) is 5.92 Å². The number of ether oxygens (including phenoxy) is 1. The molecule has 0 heterocycles. The lowest BCUT2D eigenvalue weighted by Crippen LogP contribution is -2.08. The first-order chi connectivity index (χ1) is 12.1. The molecule has 0 saturated heterocycles. The molecule has 1 nitrogen and oxygen atoms in total. The minimum absolute atomic E-state index is 0.172. The van der Waals surface area contributed by atoms with E-state index in [1.807, 2.05) is 6.07 Å². The molecule has 1 saturated carbocycles. The first-order valence-electron chi connectivity index (χ1n) is 9.55. The summed E-state index contributed by atoms with van der Waals surface area (Å²) in [5, 5.41) is 0. The summed E-state index contributed by atoms with van der Waals surface area (Å²) in [7, 11) is 1.63. The Labute approximate surface area is 151 Å². The van der Waals surface area contributed by atoms with E-state index in [2.05, 4.69) is 32.0 Å². The third kappa shape index (κ3) is 4.23. The van der Waals surface area contributed by atoms with Crippen molar-refractivity contribution in [3.63, 3.8) is 0 Å². The normalized spacial score (nSPS) is 15.6. The minimum Gasteiger partial charge on any atom is -0.497 e. The van der Waals surface area contributed by atoms with Crippen molar-refractivity contribution in [3.8, 4) is 16.9 Å². The topological polar surface area (TPSA) is 9.23 Å². The smallest absolute Gasteiger partial charge is 0.131 e. The lowest BCUT2D eigenvalue weighted by Gasteiger charge is -2.26. The molecule has 1 fully saturated rings. The highest BCUT2D eigenvalue weighted by atomic mass is 19.1. The third-order valence-corrected chi connectivity index (χ3v) is 5.27. The first-order valence-corrected chi connectivity index (χ1v) is 9.55. The van der Waals surface area contributed by atoms with E-state index >= 15 is 0 Å². The maximum Gasteiger partial charge on any atom is 0.131 e. The number of halogens is 1. The van der Waals surface area contributed by atoms with Gasteiger partial charge in [-0.2, -0.15) is 0 Å². The molecule has 25 heavy (non-hydrogen) atoms. The predicted octanol–water partition coefficient (Wildman–Crippen LogP) is 6.75. The minimum atomic E-state index is -0.172. The molecule has 2 aromatic rings. The van der Waals surface area contributed by atoms with E-state index in [4.69, 9.17) is 4.74 Å². The van der Waals surface area contributed by atoms with E-state index in [-0.39, 0.29) is 5.82 Å². The van der Waals surface area contributed by atoms with Gasteiger partial charge >= 0.3 is 0 Å². The maximum absolute atomic E-state index is 14.6. The number of hydrogen-bond acceptors (Lipinski definition) is 1. The summed E-state index contributed by atoms with van der Waals surface area (Å²) in [4.78, 5) is 0. The average molecular weight is 340 g/mol. The van der Waals surface area contributed by atoms with Crippen LogP contribution in [-0.4, -0.2) is 7.11 Å². The summed E-state index contributed by atoms with van der Waals surface area (Å²) in [5.41, 5.74) is 4.39. The van der Waals surface area contributed by atoms with E-state index in [9.17, 15) is 4.39 Å². The summed E-state index contributed by atoms with van der Waals surface area (Å²) in [5.74, 6) is 1.70. The number of hydrogen-bond donors (Lipinski definition) is 0. The van der Waals surface area contributed by atoms with Crippen LogP contribution < -0.4 is 4.74 Å². The highest BCUT2D eigenvalue weighted by molar-refractivity contribution is 5.70. The molecule has 0 aromatic heterocycles. The quantitative estimate of drug-likeness (QED) is 0.585. The number of benzene rings is 2. The fraction of sp³-hybridized carbons (Fsp3) is 0.478. The molecule has 0 atom stereocenters. The van der Waals surface area contributed by atoms with Crippen LogP contribution in [0.3, 0.4) is 0 Å². The molecule has 0 spiro atoms. The molecular weight excluding hydrogens is 311 g/mol. The van der Waals surface area contributed by atoms with Crippen molar-refractivity contribution in [1.29, 1.82) is 0 Å². The van der Waals surface area contributed by atoms with Crippen molar-refractivity contribution in [2.75, 3.05) is 7.11 Å². The van der Waals surface area contributed by atoms with Gasteiger partial charge in [-0.3, -0.25) is 0 Å². The van der Waals surface area contributed by atoms with Gasteiger partial charge in [-0.1, -0.05) is 51.3 Å². The summed E-state index contributed by atoms with van der Waals surface area (Å²) in [6, 6.07) is 11.7. The van der Waals surface area contributed by atoms with E-state index in [0.29, 0.717) is 23.1 Å². The van der Waals surface area contributed by atoms with Crippen LogP contribution in [0.25, 0.3) is 11.1 Å². The zero-order valence-electron chi connectivity index (χ0n) is 15.6. The highest BCUT2D eigenvalue weighted by Gasteiger charge is 2.21. The second-order valence-corrected chi connectivity index (χ2v) is 7.70. The Balaban J connectivity index is 2.08. The fourth-order valence-corrected chi connectivity index (χ4v) is 4.04. The molecule has 1 aliphatic carbocycles. The van der Waals surface area contributed by atoms with Gasteiger partial charge in [-0.25, -0.2) is 4.39 Å². The fourth-order valence-electron chi connectivity index (χ4n) is 4.04. The van der Waals surface area contributed by atoms with Crippen LogP contribution in [0.4, 0.5) is 4.39 Å². The second kappa shape index (κ2) is 8.03. The maximum atomic E-state index is 14.6. The Hall–Kier alpha value is -1.83. The van der Waals surface area contributed by atoms with E-state index in [1.54, 1.807) is 13.2 Å². The van der Waals surface area contributed by atoms with Gasteiger partial charge < -0.3 is 4.74 Å². The lowest BCUT2D eigenvalue weighted by molar-refractivity contribution is 0.414. The summed E-state index contributed by atoms with van der Waals surface area (Å²) < 4.78 is 19.9. The van der Waals surface area contributed by atoms with E-state index < -0.39 is 0 Å². The SMILES string of the molecule is COc1ccc(F)c(-c2ccc(CC(C)C)cc2C2CCCCC2)c1. The van der Waals surface area contributed by atoms with E-state index in [1.165, 1.54) is 49.3 Å². The van der Waals surface area contributed by atoms with Crippen LogP contribution in [0.5, 0.6) is 5.75 Å². The van der Waals surface area contributed by atoms with Crippen LogP contribution in [0.2, 0.25) is 0 Å². The van der Waals surface area contributed by atoms with Crippen molar-refractivity contribution in [2.45, 2.75) is 58.3 Å². The van der Waals surface area contributed by atoms with Gasteiger partial charge in [0.05, 0.1) is 7.11 Å². The molecular formula is C23H29FO.